The molecule has 2 amide bonds. The van der Waals surface area contributed by atoms with Crippen LogP contribution in [0.4, 0.5) is 5.69 Å². The van der Waals surface area contributed by atoms with Gasteiger partial charge in [0.2, 0.25) is 11.8 Å². The summed E-state index contributed by atoms with van der Waals surface area (Å²) < 4.78 is 0.863. The van der Waals surface area contributed by atoms with E-state index in [1.807, 2.05) is 26.8 Å². The molecule has 2 saturated heterocycles. The lowest BCUT2D eigenvalue weighted by Gasteiger charge is -2.33. The molecule has 3 aliphatic rings. The minimum atomic E-state index is -0.738. The molecular formula is C20H20BrN3O3. The fourth-order valence-electron chi connectivity index (χ4n) is 4.13. The Morgan fingerprint density at radius 1 is 1.07 bits per heavy atom. The van der Waals surface area contributed by atoms with Crippen LogP contribution in [0.2, 0.25) is 0 Å². The first-order chi connectivity index (χ1) is 12.7. The molecule has 0 aliphatic carbocycles. The Kier molecular flexibility index (Phi) is 4.10. The summed E-state index contributed by atoms with van der Waals surface area (Å²) in [5.41, 5.74) is -0.116. The third-order valence-corrected chi connectivity index (χ3v) is 5.91. The van der Waals surface area contributed by atoms with E-state index in [-0.39, 0.29) is 23.6 Å². The highest BCUT2D eigenvalue weighted by atomic mass is 79.9. The fraction of sp³-hybridized carbons (Fsp3) is 0.400. The minimum Gasteiger partial charge on any atom is -0.297 e. The average Bonchev–Trinajstić information content (AvgIpc) is 3.08. The molecule has 1 aromatic carbocycles. The number of Topliss-reactive ketones (excluding diaryl/α,β-unsaturated/α-hetero) is 1. The lowest BCUT2D eigenvalue weighted by atomic mass is 9.80. The van der Waals surface area contributed by atoms with Crippen molar-refractivity contribution in [3.8, 4) is 0 Å². The van der Waals surface area contributed by atoms with E-state index in [4.69, 9.17) is 0 Å². The third kappa shape index (κ3) is 2.67. The number of benzene rings is 1. The zero-order valence-corrected chi connectivity index (χ0v) is 16.9. The number of halogens is 1. The quantitative estimate of drug-likeness (QED) is 0.677. The van der Waals surface area contributed by atoms with E-state index in [1.54, 1.807) is 41.6 Å². The van der Waals surface area contributed by atoms with Crippen molar-refractivity contribution in [2.45, 2.75) is 32.9 Å². The highest BCUT2D eigenvalue weighted by Gasteiger charge is 2.64. The molecule has 7 heteroatoms. The van der Waals surface area contributed by atoms with Gasteiger partial charge in [-0.25, -0.2) is 4.90 Å². The fourth-order valence-corrected chi connectivity index (χ4v) is 4.39. The molecule has 0 radical (unpaired) electrons. The maximum atomic E-state index is 13.3. The zero-order valence-electron chi connectivity index (χ0n) is 15.3. The Balaban J connectivity index is 1.79. The highest BCUT2D eigenvalue weighted by Crippen LogP contribution is 2.47. The Bertz CT molecular complexity index is 885. The molecule has 0 aromatic heterocycles. The van der Waals surface area contributed by atoms with Gasteiger partial charge in [0.05, 0.1) is 23.6 Å². The number of anilines is 1. The standard InChI is InChI=1S/C20H20BrN3O3/c1-20(2,3)17(25)16-15-14(13-5-4-10-22-24(13)16)18(26)23(19(15)27)12-8-6-11(21)7-9-12/h4-10,13-16H,1-3H3/t13-,14-,15+,16-/m1/s1. The predicted molar refractivity (Wildman–Crippen MR) is 105 cm³/mol. The molecule has 4 rings (SSSR count). The first-order valence-electron chi connectivity index (χ1n) is 8.88. The predicted octanol–water partition coefficient (Wildman–Crippen LogP) is 2.78. The van der Waals surface area contributed by atoms with Gasteiger partial charge in [0.25, 0.3) is 0 Å². The smallest absolute Gasteiger partial charge is 0.240 e. The number of hydrogen-bond acceptors (Lipinski definition) is 5. The average molecular weight is 430 g/mol. The number of fused-ring (bicyclic) bond motifs is 3. The highest BCUT2D eigenvalue weighted by molar-refractivity contribution is 9.10. The number of ketones is 1. The Morgan fingerprint density at radius 3 is 2.33 bits per heavy atom. The van der Waals surface area contributed by atoms with E-state index < -0.39 is 23.3 Å². The van der Waals surface area contributed by atoms with Crippen molar-refractivity contribution in [1.82, 2.24) is 5.01 Å². The molecule has 27 heavy (non-hydrogen) atoms. The second-order valence-electron chi connectivity index (χ2n) is 8.12. The summed E-state index contributed by atoms with van der Waals surface area (Å²) in [6.07, 6.45) is 5.22. The largest absolute Gasteiger partial charge is 0.297 e. The van der Waals surface area contributed by atoms with Crippen LogP contribution in [0.5, 0.6) is 0 Å². The summed E-state index contributed by atoms with van der Waals surface area (Å²) in [6, 6.07) is 5.92. The molecule has 3 heterocycles. The summed E-state index contributed by atoms with van der Waals surface area (Å²) in [7, 11) is 0. The van der Waals surface area contributed by atoms with E-state index in [0.717, 1.165) is 4.47 Å². The summed E-state index contributed by atoms with van der Waals surface area (Å²) >= 11 is 3.36. The van der Waals surface area contributed by atoms with Crippen molar-refractivity contribution in [1.29, 1.82) is 0 Å². The van der Waals surface area contributed by atoms with Crippen molar-refractivity contribution in [2.24, 2.45) is 22.4 Å². The normalized spacial score (nSPS) is 29.3. The molecule has 0 spiro atoms. The molecule has 2 fully saturated rings. The van der Waals surface area contributed by atoms with Crippen LogP contribution in [0, 0.1) is 17.3 Å². The van der Waals surface area contributed by atoms with Crippen LogP contribution in [0.25, 0.3) is 0 Å². The van der Waals surface area contributed by atoms with E-state index in [0.29, 0.717) is 5.69 Å². The van der Waals surface area contributed by atoms with Crippen LogP contribution in [-0.4, -0.2) is 40.9 Å². The van der Waals surface area contributed by atoms with Gasteiger partial charge in [-0.2, -0.15) is 5.10 Å². The monoisotopic (exact) mass is 429 g/mol. The summed E-state index contributed by atoms with van der Waals surface area (Å²) in [5, 5.41) is 5.99. The SMILES string of the molecule is CC(C)(C)C(=O)[C@H]1[C@H]2C(=O)N(c3ccc(Br)cc3)C(=O)[C@@H]2[C@H]2C=CC=NN21. The Hall–Kier alpha value is -2.28. The molecule has 0 N–H and O–H groups in total. The van der Waals surface area contributed by atoms with Crippen molar-refractivity contribution >= 4 is 45.4 Å². The van der Waals surface area contributed by atoms with Gasteiger partial charge < -0.3 is 0 Å². The lowest BCUT2D eigenvalue weighted by Crippen LogP contribution is -2.49. The second-order valence-corrected chi connectivity index (χ2v) is 9.03. The summed E-state index contributed by atoms with van der Waals surface area (Å²) in [5.74, 6) is -2.00. The number of allylic oxidation sites excluding steroid dienone is 1. The summed E-state index contributed by atoms with van der Waals surface area (Å²) in [4.78, 5) is 40.9. The Morgan fingerprint density at radius 2 is 1.70 bits per heavy atom. The van der Waals surface area contributed by atoms with Crippen LogP contribution in [0.1, 0.15) is 20.8 Å². The lowest BCUT2D eigenvalue weighted by molar-refractivity contribution is -0.136. The molecule has 3 aliphatic heterocycles. The number of nitrogens with zero attached hydrogens (tertiary/aromatic N) is 3. The van der Waals surface area contributed by atoms with Crippen molar-refractivity contribution in [3.63, 3.8) is 0 Å². The van der Waals surface area contributed by atoms with Crippen LogP contribution in [0.3, 0.4) is 0 Å². The first-order valence-corrected chi connectivity index (χ1v) is 9.68. The van der Waals surface area contributed by atoms with Gasteiger partial charge in [0, 0.05) is 16.1 Å². The van der Waals surface area contributed by atoms with Crippen molar-refractivity contribution in [2.75, 3.05) is 4.90 Å². The van der Waals surface area contributed by atoms with Gasteiger partial charge in [-0.1, -0.05) is 42.8 Å². The number of imide groups is 1. The van der Waals surface area contributed by atoms with Gasteiger partial charge in [0.1, 0.15) is 6.04 Å². The van der Waals surface area contributed by atoms with E-state index in [1.165, 1.54) is 4.90 Å². The zero-order chi connectivity index (χ0) is 19.5. The maximum absolute atomic E-state index is 13.3. The molecule has 0 saturated carbocycles. The first kappa shape index (κ1) is 18.1. The molecule has 0 bridgehead atoms. The molecule has 4 atom stereocenters. The molecular weight excluding hydrogens is 410 g/mol. The van der Waals surface area contributed by atoms with Crippen LogP contribution in [0.15, 0.2) is 46.0 Å². The van der Waals surface area contributed by atoms with E-state index in [9.17, 15) is 14.4 Å². The number of carbonyl (C=O) groups is 3. The van der Waals surface area contributed by atoms with E-state index >= 15 is 0 Å². The van der Waals surface area contributed by atoms with Gasteiger partial charge in [-0.15, -0.1) is 0 Å². The molecule has 0 unspecified atom stereocenters. The minimum absolute atomic E-state index is 0.0775. The number of hydrogen-bond donors (Lipinski definition) is 0. The maximum Gasteiger partial charge on any atom is 0.240 e. The van der Waals surface area contributed by atoms with Gasteiger partial charge in [-0.05, 0) is 30.3 Å². The van der Waals surface area contributed by atoms with Gasteiger partial charge in [0.15, 0.2) is 5.78 Å². The number of amides is 2. The summed E-state index contributed by atoms with van der Waals surface area (Å²) in [6.45, 7) is 5.48. The third-order valence-electron chi connectivity index (χ3n) is 5.38. The van der Waals surface area contributed by atoms with Crippen molar-refractivity contribution < 1.29 is 14.4 Å². The van der Waals surface area contributed by atoms with Crippen LogP contribution in [-0.2, 0) is 14.4 Å². The Labute approximate surface area is 166 Å². The molecule has 6 nitrogen and oxygen atoms in total. The van der Waals surface area contributed by atoms with Crippen LogP contribution >= 0.6 is 15.9 Å². The van der Waals surface area contributed by atoms with Crippen molar-refractivity contribution in [3.05, 3.63) is 40.9 Å². The van der Waals surface area contributed by atoms with Gasteiger partial charge in [-0.3, -0.25) is 19.4 Å². The molecule has 140 valence electrons. The topological polar surface area (TPSA) is 70.0 Å². The number of rotatable bonds is 2. The molecule has 1 aromatic rings. The number of hydrazone groups is 1. The second kappa shape index (κ2) is 6.12. The van der Waals surface area contributed by atoms with Crippen LogP contribution < -0.4 is 4.90 Å². The van der Waals surface area contributed by atoms with Gasteiger partial charge >= 0.3 is 0 Å². The van der Waals surface area contributed by atoms with E-state index in [2.05, 4.69) is 21.0 Å². The number of carbonyl (C=O) groups excluding carboxylic acids is 3.